The van der Waals surface area contributed by atoms with Gasteiger partial charge in [0.1, 0.15) is 10.8 Å². The molecule has 0 saturated carbocycles. The van der Waals surface area contributed by atoms with Crippen LogP contribution in [0.5, 0.6) is 5.75 Å². The van der Waals surface area contributed by atoms with Crippen LogP contribution in [0.25, 0.3) is 0 Å². The molecule has 3 aromatic rings. The molecule has 2 aromatic carbocycles. The van der Waals surface area contributed by atoms with Crippen molar-refractivity contribution in [3.8, 4) is 5.75 Å². The number of carbonyl (C=O) groups is 1. The first-order valence-electron chi connectivity index (χ1n) is 12.3. The smallest absolute Gasteiger partial charge is 0.229 e. The number of methoxy groups -OCH3 is 1. The number of amides is 1. The van der Waals surface area contributed by atoms with Crippen LogP contribution in [0.4, 0.5) is 34.5 Å². The molecule has 0 radical (unpaired) electrons. The maximum atomic E-state index is 12.5. The third-order valence-electron chi connectivity index (χ3n) is 6.43. The number of benzene rings is 2. The molecular weight excluding hydrogens is 542 g/mol. The molecule has 3 N–H and O–H groups in total. The first-order chi connectivity index (χ1) is 18.5. The van der Waals surface area contributed by atoms with E-state index in [1.165, 1.54) is 0 Å². The van der Waals surface area contributed by atoms with Gasteiger partial charge in [-0.1, -0.05) is 39.3 Å². The molecule has 0 unspecified atom stereocenters. The SMILES string of the molecule is COc1cc(N2CCN(C)CC2)ccc1Nc1ncc(Cl)c(Nc2cccc(NC(=O)C3CSSC3)c2)n1. The lowest BCUT2D eigenvalue weighted by Crippen LogP contribution is -2.44. The number of rotatable bonds is 8. The predicted molar refractivity (Wildman–Crippen MR) is 160 cm³/mol. The van der Waals surface area contributed by atoms with E-state index in [1.807, 2.05) is 36.4 Å². The highest BCUT2D eigenvalue weighted by Crippen LogP contribution is 2.36. The topological polar surface area (TPSA) is 94.6 Å². The van der Waals surface area contributed by atoms with E-state index in [-0.39, 0.29) is 11.8 Å². The van der Waals surface area contributed by atoms with Gasteiger partial charge in [-0.25, -0.2) is 4.98 Å². The average Bonchev–Trinajstić information content (AvgIpc) is 3.47. The summed E-state index contributed by atoms with van der Waals surface area (Å²) in [7, 11) is 7.27. The predicted octanol–water partition coefficient (Wildman–Crippen LogP) is 5.33. The van der Waals surface area contributed by atoms with Gasteiger partial charge >= 0.3 is 0 Å². The summed E-state index contributed by atoms with van der Waals surface area (Å²) in [5.74, 6) is 3.27. The van der Waals surface area contributed by atoms with E-state index in [9.17, 15) is 4.79 Å². The summed E-state index contributed by atoms with van der Waals surface area (Å²) in [6.07, 6.45) is 1.55. The van der Waals surface area contributed by atoms with Gasteiger partial charge in [0.2, 0.25) is 11.9 Å². The maximum Gasteiger partial charge on any atom is 0.229 e. The summed E-state index contributed by atoms with van der Waals surface area (Å²) < 4.78 is 5.67. The highest BCUT2D eigenvalue weighted by molar-refractivity contribution is 8.77. The minimum atomic E-state index is 0.0270. The highest BCUT2D eigenvalue weighted by atomic mass is 35.5. The number of carbonyl (C=O) groups excluding carboxylic acids is 1. The van der Waals surface area contributed by atoms with E-state index >= 15 is 0 Å². The summed E-state index contributed by atoms with van der Waals surface area (Å²) in [4.78, 5) is 26.1. The number of ether oxygens (including phenoxy) is 1. The van der Waals surface area contributed by atoms with Crippen LogP contribution in [-0.4, -0.2) is 72.6 Å². The van der Waals surface area contributed by atoms with Crippen molar-refractivity contribution in [2.24, 2.45) is 5.92 Å². The fourth-order valence-electron chi connectivity index (χ4n) is 4.20. The molecule has 5 rings (SSSR count). The molecule has 200 valence electrons. The van der Waals surface area contributed by atoms with E-state index in [1.54, 1.807) is 34.9 Å². The number of nitrogens with one attached hydrogen (secondary N) is 3. The maximum absolute atomic E-state index is 12.5. The van der Waals surface area contributed by atoms with Crippen molar-refractivity contribution >= 4 is 73.6 Å². The molecule has 0 spiro atoms. The molecule has 0 aliphatic carbocycles. The largest absolute Gasteiger partial charge is 0.494 e. The Morgan fingerprint density at radius 3 is 2.58 bits per heavy atom. The normalized spacial score (nSPS) is 16.3. The summed E-state index contributed by atoms with van der Waals surface area (Å²) in [6.45, 7) is 4.02. The molecular formula is C26H30ClN7O2S2. The number of aromatic nitrogens is 2. The zero-order valence-corrected chi connectivity index (χ0v) is 23.6. The molecule has 38 heavy (non-hydrogen) atoms. The second kappa shape index (κ2) is 12.3. The van der Waals surface area contributed by atoms with Gasteiger partial charge in [0.25, 0.3) is 0 Å². The molecule has 1 aromatic heterocycles. The zero-order valence-electron chi connectivity index (χ0n) is 21.2. The van der Waals surface area contributed by atoms with Crippen molar-refractivity contribution in [1.29, 1.82) is 0 Å². The van der Waals surface area contributed by atoms with Crippen molar-refractivity contribution in [2.75, 3.05) is 72.7 Å². The Kier molecular flexibility index (Phi) is 8.68. The third-order valence-corrected chi connectivity index (χ3v) is 9.27. The molecule has 0 atom stereocenters. The zero-order chi connectivity index (χ0) is 26.5. The Labute approximate surface area is 235 Å². The molecule has 3 heterocycles. The summed E-state index contributed by atoms with van der Waals surface area (Å²) in [5, 5.41) is 9.88. The first-order valence-corrected chi connectivity index (χ1v) is 15.2. The van der Waals surface area contributed by atoms with Crippen LogP contribution in [-0.2, 0) is 4.79 Å². The summed E-state index contributed by atoms with van der Waals surface area (Å²) >= 11 is 6.41. The Hall–Kier alpha value is -2.86. The molecule has 1 amide bonds. The molecule has 9 nitrogen and oxygen atoms in total. The van der Waals surface area contributed by atoms with Crippen LogP contribution in [0.15, 0.2) is 48.7 Å². The van der Waals surface area contributed by atoms with Crippen LogP contribution < -0.4 is 25.6 Å². The van der Waals surface area contributed by atoms with E-state index in [0.717, 1.165) is 60.4 Å². The molecule has 2 fully saturated rings. The average molecular weight is 572 g/mol. The first kappa shape index (κ1) is 26.7. The number of nitrogens with zero attached hydrogens (tertiary/aromatic N) is 4. The van der Waals surface area contributed by atoms with E-state index in [4.69, 9.17) is 16.3 Å². The molecule has 2 aliphatic rings. The van der Waals surface area contributed by atoms with Gasteiger partial charge in [-0.3, -0.25) is 4.79 Å². The molecule has 2 saturated heterocycles. The monoisotopic (exact) mass is 571 g/mol. The van der Waals surface area contributed by atoms with Crippen LogP contribution >= 0.6 is 33.2 Å². The van der Waals surface area contributed by atoms with Gasteiger partial charge in [0.15, 0.2) is 5.82 Å². The van der Waals surface area contributed by atoms with Crippen molar-refractivity contribution in [2.45, 2.75) is 0 Å². The van der Waals surface area contributed by atoms with Crippen molar-refractivity contribution in [3.05, 3.63) is 53.7 Å². The standard InChI is InChI=1S/C26H30ClN7O2S2/c1-33-8-10-34(11-9-33)20-6-7-22(23(13-20)36-2)31-26-28-14-21(27)24(32-26)29-18-4-3-5-19(12-18)30-25(35)17-15-37-38-16-17/h3-7,12-14,17H,8-11,15-16H2,1-2H3,(H,30,35)(H2,28,29,31,32). The summed E-state index contributed by atoms with van der Waals surface area (Å²) in [5.41, 5.74) is 3.35. The molecule has 0 bridgehead atoms. The lowest BCUT2D eigenvalue weighted by Gasteiger charge is -2.34. The van der Waals surface area contributed by atoms with Crippen LogP contribution in [0.1, 0.15) is 0 Å². The Morgan fingerprint density at radius 1 is 1.05 bits per heavy atom. The van der Waals surface area contributed by atoms with Gasteiger partial charge < -0.3 is 30.5 Å². The van der Waals surface area contributed by atoms with Crippen LogP contribution in [0.2, 0.25) is 5.02 Å². The van der Waals surface area contributed by atoms with E-state index in [2.05, 4.69) is 48.8 Å². The third kappa shape index (κ3) is 6.58. The van der Waals surface area contributed by atoms with Gasteiger partial charge in [-0.05, 0) is 37.4 Å². The van der Waals surface area contributed by atoms with Gasteiger partial charge in [0, 0.05) is 60.8 Å². The number of hydrogen-bond donors (Lipinski definition) is 3. The number of anilines is 6. The molecule has 12 heteroatoms. The second-order valence-corrected chi connectivity index (χ2v) is 12.1. The minimum Gasteiger partial charge on any atom is -0.494 e. The van der Waals surface area contributed by atoms with Crippen molar-refractivity contribution in [1.82, 2.24) is 14.9 Å². The van der Waals surface area contributed by atoms with E-state index in [0.29, 0.717) is 22.5 Å². The fraction of sp³-hybridized carbons (Fsp3) is 0.346. The Morgan fingerprint density at radius 2 is 1.82 bits per heavy atom. The number of piperazine rings is 1. The van der Waals surface area contributed by atoms with Crippen molar-refractivity contribution in [3.63, 3.8) is 0 Å². The lowest BCUT2D eigenvalue weighted by atomic mass is 10.2. The van der Waals surface area contributed by atoms with Gasteiger partial charge in [0.05, 0.1) is 24.9 Å². The number of halogens is 1. The van der Waals surface area contributed by atoms with Crippen LogP contribution in [0.3, 0.4) is 0 Å². The lowest BCUT2D eigenvalue weighted by molar-refractivity contribution is -0.118. The second-order valence-electron chi connectivity index (χ2n) is 9.15. The number of likely N-dealkylation sites (N-methyl/N-ethyl adjacent to an activating group) is 1. The minimum absolute atomic E-state index is 0.0270. The van der Waals surface area contributed by atoms with Gasteiger partial charge in [-0.2, -0.15) is 4.98 Å². The Bertz CT molecular complexity index is 1280. The van der Waals surface area contributed by atoms with Crippen LogP contribution in [0, 0.1) is 5.92 Å². The quantitative estimate of drug-likeness (QED) is 0.308. The van der Waals surface area contributed by atoms with E-state index < -0.39 is 0 Å². The fourth-order valence-corrected chi connectivity index (χ4v) is 7.11. The number of hydrogen-bond acceptors (Lipinski definition) is 10. The summed E-state index contributed by atoms with van der Waals surface area (Å²) in [6, 6.07) is 13.6. The van der Waals surface area contributed by atoms with Crippen molar-refractivity contribution < 1.29 is 9.53 Å². The highest BCUT2D eigenvalue weighted by Gasteiger charge is 2.24. The van der Waals surface area contributed by atoms with Gasteiger partial charge in [-0.15, -0.1) is 0 Å². The molecule has 2 aliphatic heterocycles. The Balaban J connectivity index is 1.28.